The number of likely N-dealkylation sites (tertiary alicyclic amines) is 1. The normalized spacial score (nSPS) is 15.3. The number of piperidine rings is 1. The Labute approximate surface area is 169 Å². The number of aryl methyl sites for hydroxylation is 1. The van der Waals surface area contributed by atoms with Gasteiger partial charge in [0.2, 0.25) is 10.0 Å². The van der Waals surface area contributed by atoms with E-state index in [1.54, 1.807) is 36.4 Å². The minimum atomic E-state index is -3.86. The number of pyridine rings is 1. The maximum atomic E-state index is 12.6. The second kappa shape index (κ2) is 8.66. The van der Waals surface area contributed by atoms with Gasteiger partial charge in [0.25, 0.3) is 11.6 Å². The van der Waals surface area contributed by atoms with Crippen LogP contribution in [0.3, 0.4) is 0 Å². The topological polar surface area (TPSA) is 123 Å². The fourth-order valence-corrected chi connectivity index (χ4v) is 4.69. The van der Waals surface area contributed by atoms with Gasteiger partial charge in [-0.1, -0.05) is 6.07 Å². The number of nitrogens with one attached hydrogen (secondary N) is 1. The monoisotopic (exact) mass is 418 g/mol. The molecule has 2 heterocycles. The number of non-ortho nitro benzene ring substituents is 1. The van der Waals surface area contributed by atoms with Crippen LogP contribution < -0.4 is 4.72 Å². The van der Waals surface area contributed by atoms with Gasteiger partial charge in [-0.05, 0) is 43.4 Å². The number of rotatable bonds is 6. The van der Waals surface area contributed by atoms with Crippen LogP contribution in [0.4, 0.5) is 5.69 Å². The van der Waals surface area contributed by atoms with Gasteiger partial charge < -0.3 is 4.90 Å². The van der Waals surface area contributed by atoms with Crippen molar-refractivity contribution in [3.8, 4) is 0 Å². The molecule has 1 aromatic heterocycles. The summed E-state index contributed by atoms with van der Waals surface area (Å²) in [6.07, 6.45) is 4.50. The van der Waals surface area contributed by atoms with Gasteiger partial charge in [0, 0.05) is 49.7 Å². The summed E-state index contributed by atoms with van der Waals surface area (Å²) in [6.45, 7) is 2.91. The molecule has 29 heavy (non-hydrogen) atoms. The van der Waals surface area contributed by atoms with Crippen LogP contribution in [0.2, 0.25) is 0 Å². The van der Waals surface area contributed by atoms with Gasteiger partial charge in [-0.25, -0.2) is 13.1 Å². The predicted molar refractivity (Wildman–Crippen MR) is 106 cm³/mol. The first-order chi connectivity index (χ1) is 13.8. The zero-order chi connectivity index (χ0) is 21.0. The molecule has 3 rings (SSSR count). The fourth-order valence-electron chi connectivity index (χ4n) is 3.31. The second-order valence-electron chi connectivity index (χ2n) is 7.03. The molecular weight excluding hydrogens is 396 g/mol. The lowest BCUT2D eigenvalue weighted by Crippen LogP contribution is -2.41. The van der Waals surface area contributed by atoms with Crippen LogP contribution in [0.15, 0.2) is 47.6 Å². The van der Waals surface area contributed by atoms with Crippen LogP contribution in [-0.2, 0) is 10.0 Å². The van der Waals surface area contributed by atoms with E-state index < -0.39 is 14.9 Å². The van der Waals surface area contributed by atoms with E-state index in [4.69, 9.17) is 0 Å². The van der Waals surface area contributed by atoms with E-state index in [1.807, 2.05) is 0 Å². The third-order valence-corrected chi connectivity index (χ3v) is 6.63. The predicted octanol–water partition coefficient (Wildman–Crippen LogP) is 2.13. The number of aromatic nitrogens is 1. The molecule has 0 unspecified atom stereocenters. The molecule has 1 aromatic carbocycles. The van der Waals surface area contributed by atoms with Gasteiger partial charge in [-0.2, -0.15) is 0 Å². The number of benzene rings is 1. The van der Waals surface area contributed by atoms with E-state index in [0.29, 0.717) is 37.1 Å². The highest BCUT2D eigenvalue weighted by Crippen LogP contribution is 2.23. The Kier molecular flexibility index (Phi) is 6.23. The molecule has 10 heteroatoms. The first kappa shape index (κ1) is 20.9. The number of hydrogen-bond donors (Lipinski definition) is 1. The van der Waals surface area contributed by atoms with Crippen LogP contribution >= 0.6 is 0 Å². The zero-order valence-corrected chi connectivity index (χ0v) is 16.8. The average Bonchev–Trinajstić information content (AvgIpc) is 2.73. The number of amides is 1. The Morgan fingerprint density at radius 2 is 1.90 bits per heavy atom. The summed E-state index contributed by atoms with van der Waals surface area (Å²) < 4.78 is 27.8. The van der Waals surface area contributed by atoms with Gasteiger partial charge in [0.15, 0.2) is 0 Å². The highest BCUT2D eigenvalue weighted by molar-refractivity contribution is 7.89. The summed E-state index contributed by atoms with van der Waals surface area (Å²) in [5, 5.41) is 10.9. The molecule has 1 fully saturated rings. The molecule has 9 nitrogen and oxygen atoms in total. The molecule has 0 bridgehead atoms. The molecule has 0 saturated carbocycles. The Balaban J connectivity index is 1.58. The van der Waals surface area contributed by atoms with E-state index in [0.717, 1.165) is 6.07 Å². The lowest BCUT2D eigenvalue weighted by Gasteiger charge is -2.32. The van der Waals surface area contributed by atoms with Gasteiger partial charge in [0.05, 0.1) is 9.82 Å². The number of hydrogen-bond acceptors (Lipinski definition) is 6. The Morgan fingerprint density at radius 3 is 2.52 bits per heavy atom. The molecular formula is C19H22N4O5S. The number of carbonyl (C=O) groups is 1. The van der Waals surface area contributed by atoms with Gasteiger partial charge in [-0.3, -0.25) is 19.9 Å². The maximum Gasteiger partial charge on any atom is 0.270 e. The molecule has 1 amide bonds. The summed E-state index contributed by atoms with van der Waals surface area (Å²) in [6, 6.07) is 7.13. The second-order valence-corrected chi connectivity index (χ2v) is 8.77. The summed E-state index contributed by atoms with van der Waals surface area (Å²) in [4.78, 5) is 28.4. The molecule has 2 aromatic rings. The minimum Gasteiger partial charge on any atom is -0.339 e. The maximum absolute atomic E-state index is 12.6. The summed E-state index contributed by atoms with van der Waals surface area (Å²) in [7, 11) is -3.86. The van der Waals surface area contributed by atoms with E-state index in [2.05, 4.69) is 9.71 Å². The Bertz CT molecular complexity index is 1000. The van der Waals surface area contributed by atoms with E-state index in [-0.39, 0.29) is 29.0 Å². The third kappa shape index (κ3) is 4.96. The van der Waals surface area contributed by atoms with Crippen LogP contribution in [0, 0.1) is 23.0 Å². The fraction of sp³-hybridized carbons (Fsp3) is 0.368. The van der Waals surface area contributed by atoms with Crippen molar-refractivity contribution in [2.24, 2.45) is 5.92 Å². The van der Waals surface area contributed by atoms with Crippen molar-refractivity contribution in [2.45, 2.75) is 24.7 Å². The van der Waals surface area contributed by atoms with Crippen molar-refractivity contribution in [1.82, 2.24) is 14.6 Å². The highest BCUT2D eigenvalue weighted by atomic mass is 32.2. The molecule has 0 atom stereocenters. The van der Waals surface area contributed by atoms with Crippen LogP contribution in [0.5, 0.6) is 0 Å². The molecule has 154 valence electrons. The van der Waals surface area contributed by atoms with Gasteiger partial charge >= 0.3 is 0 Å². The Hall–Kier alpha value is -2.85. The van der Waals surface area contributed by atoms with Crippen molar-refractivity contribution in [2.75, 3.05) is 19.6 Å². The molecule has 0 spiro atoms. The number of nitro benzene ring substituents is 1. The van der Waals surface area contributed by atoms with Crippen molar-refractivity contribution in [1.29, 1.82) is 0 Å². The van der Waals surface area contributed by atoms with Crippen molar-refractivity contribution in [3.05, 3.63) is 64.0 Å². The number of carbonyl (C=O) groups excluding carboxylic acids is 1. The van der Waals surface area contributed by atoms with E-state index in [9.17, 15) is 23.3 Å². The third-order valence-electron chi connectivity index (χ3n) is 5.06. The molecule has 0 aliphatic carbocycles. The molecule has 1 N–H and O–H groups in total. The average molecular weight is 418 g/mol. The standard InChI is InChI=1S/C19H22N4O5S/c1-14-2-3-17(23(25)26)12-18(14)29(27,28)21-13-15-6-10-22(11-7-15)19(24)16-4-8-20-9-5-16/h2-5,8-9,12,15,21H,6-7,10-11,13H2,1H3. The van der Waals surface area contributed by atoms with Gasteiger partial charge in [-0.15, -0.1) is 0 Å². The van der Waals surface area contributed by atoms with E-state index >= 15 is 0 Å². The molecule has 1 saturated heterocycles. The minimum absolute atomic E-state index is 0.0568. The van der Waals surface area contributed by atoms with E-state index in [1.165, 1.54) is 12.1 Å². The molecule has 0 radical (unpaired) electrons. The summed E-state index contributed by atoms with van der Waals surface area (Å²) >= 11 is 0. The number of nitrogens with zero attached hydrogens (tertiary/aromatic N) is 3. The van der Waals surface area contributed by atoms with Crippen molar-refractivity contribution in [3.63, 3.8) is 0 Å². The highest BCUT2D eigenvalue weighted by Gasteiger charge is 2.26. The summed E-state index contributed by atoms with van der Waals surface area (Å²) in [5.41, 5.74) is 0.764. The summed E-state index contributed by atoms with van der Waals surface area (Å²) in [5.74, 6) is 0.0314. The SMILES string of the molecule is Cc1ccc([N+](=O)[O-])cc1S(=O)(=O)NCC1CCN(C(=O)c2ccncc2)CC1. The van der Waals surface area contributed by atoms with Gasteiger partial charge in [0.1, 0.15) is 0 Å². The van der Waals surface area contributed by atoms with Crippen LogP contribution in [-0.4, -0.2) is 48.8 Å². The molecule has 1 aliphatic rings. The molecule has 1 aliphatic heterocycles. The lowest BCUT2D eigenvalue weighted by atomic mass is 9.97. The van der Waals surface area contributed by atoms with Crippen molar-refractivity contribution < 1.29 is 18.1 Å². The Morgan fingerprint density at radius 1 is 1.24 bits per heavy atom. The smallest absolute Gasteiger partial charge is 0.270 e. The first-order valence-corrected chi connectivity index (χ1v) is 10.7. The first-order valence-electron chi connectivity index (χ1n) is 9.22. The van der Waals surface area contributed by atoms with Crippen LogP contribution in [0.1, 0.15) is 28.8 Å². The largest absolute Gasteiger partial charge is 0.339 e. The quantitative estimate of drug-likeness (QED) is 0.566. The van der Waals surface area contributed by atoms with Crippen LogP contribution in [0.25, 0.3) is 0 Å². The zero-order valence-electron chi connectivity index (χ0n) is 15.9. The number of nitro groups is 1. The lowest BCUT2D eigenvalue weighted by molar-refractivity contribution is -0.385. The number of sulfonamides is 1. The van der Waals surface area contributed by atoms with Crippen molar-refractivity contribution >= 4 is 21.6 Å².